The van der Waals surface area contributed by atoms with Gasteiger partial charge in [0.1, 0.15) is 0 Å². The Hall–Kier alpha value is -1.53. The molecule has 0 saturated heterocycles. The lowest BCUT2D eigenvalue weighted by Gasteiger charge is -2.05. The highest BCUT2D eigenvalue weighted by Gasteiger charge is 2.12. The van der Waals surface area contributed by atoms with Gasteiger partial charge < -0.3 is 9.73 Å². The molecular weight excluding hydrogens is 310 g/mol. The summed E-state index contributed by atoms with van der Waals surface area (Å²) < 4.78 is 5.42. The van der Waals surface area contributed by atoms with Crippen LogP contribution in [-0.4, -0.2) is 21.9 Å². The van der Waals surface area contributed by atoms with E-state index in [0.29, 0.717) is 21.8 Å². The van der Waals surface area contributed by atoms with Gasteiger partial charge in [-0.1, -0.05) is 43.3 Å². The fourth-order valence-electron chi connectivity index (χ4n) is 1.51. The molecule has 0 aliphatic rings. The predicted molar refractivity (Wildman–Crippen MR) is 83.9 cm³/mol. The Morgan fingerprint density at radius 2 is 2.19 bits per heavy atom. The van der Waals surface area contributed by atoms with Crippen molar-refractivity contribution in [3.05, 3.63) is 34.7 Å². The Kier molecular flexibility index (Phi) is 5.25. The van der Waals surface area contributed by atoms with Crippen LogP contribution in [0.5, 0.6) is 0 Å². The van der Waals surface area contributed by atoms with Crippen LogP contribution >= 0.6 is 23.4 Å². The van der Waals surface area contributed by atoms with Crippen LogP contribution in [0.4, 0.5) is 5.69 Å². The Balaban J connectivity index is 1.88. The van der Waals surface area contributed by atoms with Crippen molar-refractivity contribution in [1.82, 2.24) is 10.2 Å². The molecule has 2 rings (SSSR count). The second-order valence-electron chi connectivity index (χ2n) is 4.86. The Labute approximate surface area is 132 Å². The van der Waals surface area contributed by atoms with Crippen molar-refractivity contribution in [3.63, 3.8) is 0 Å². The van der Waals surface area contributed by atoms with Crippen LogP contribution in [0, 0.1) is 6.92 Å². The minimum atomic E-state index is -0.149. The maximum absolute atomic E-state index is 11.9. The quantitative estimate of drug-likeness (QED) is 0.845. The third-order valence-corrected chi connectivity index (χ3v) is 3.92. The van der Waals surface area contributed by atoms with Gasteiger partial charge >= 0.3 is 0 Å². The number of aryl methyl sites for hydroxylation is 1. The summed E-state index contributed by atoms with van der Waals surface area (Å²) in [5.41, 5.74) is 1.64. The predicted octanol–water partition coefficient (Wildman–Crippen LogP) is 3.89. The van der Waals surface area contributed by atoms with Crippen LogP contribution in [0.3, 0.4) is 0 Å². The van der Waals surface area contributed by atoms with Gasteiger partial charge in [-0.3, -0.25) is 4.79 Å². The largest absolute Gasteiger partial charge is 0.416 e. The number of hydrogen-bond donors (Lipinski definition) is 1. The van der Waals surface area contributed by atoms with Gasteiger partial charge in [0.05, 0.1) is 5.75 Å². The lowest BCUT2D eigenvalue weighted by atomic mass is 10.2. The normalized spacial score (nSPS) is 10.9. The summed E-state index contributed by atoms with van der Waals surface area (Å²) >= 11 is 7.22. The summed E-state index contributed by atoms with van der Waals surface area (Å²) in [7, 11) is 0. The van der Waals surface area contributed by atoms with Gasteiger partial charge in [-0.2, -0.15) is 0 Å². The van der Waals surface area contributed by atoms with Crippen LogP contribution in [0.2, 0.25) is 5.02 Å². The summed E-state index contributed by atoms with van der Waals surface area (Å²) in [4.78, 5) is 11.9. The van der Waals surface area contributed by atoms with Crippen LogP contribution in [0.25, 0.3) is 0 Å². The van der Waals surface area contributed by atoms with E-state index in [9.17, 15) is 4.79 Å². The number of nitrogens with zero attached hydrogens (tertiary/aromatic N) is 2. The molecule has 0 spiro atoms. The number of benzene rings is 1. The molecule has 5 nitrogen and oxygen atoms in total. The molecule has 0 fully saturated rings. The standard InChI is InChI=1S/C14H16ClN3O2S/c1-8(2)13-17-18-14(20-13)21-7-12(19)16-10-5-4-9(3)11(15)6-10/h4-6,8H,7H2,1-3H3,(H,16,19). The van der Waals surface area contributed by atoms with Crippen LogP contribution in [0.15, 0.2) is 27.8 Å². The fraction of sp³-hybridized carbons (Fsp3) is 0.357. The molecule has 0 atom stereocenters. The lowest BCUT2D eigenvalue weighted by Crippen LogP contribution is -2.14. The SMILES string of the molecule is Cc1ccc(NC(=O)CSc2nnc(C(C)C)o2)cc1Cl. The van der Waals surface area contributed by atoms with E-state index in [2.05, 4.69) is 15.5 Å². The zero-order chi connectivity index (χ0) is 15.4. The average molecular weight is 326 g/mol. The average Bonchev–Trinajstić information content (AvgIpc) is 2.90. The summed E-state index contributed by atoms with van der Waals surface area (Å²) in [6.07, 6.45) is 0. The number of rotatable bonds is 5. The van der Waals surface area contributed by atoms with E-state index < -0.39 is 0 Å². The molecule has 7 heteroatoms. The molecule has 112 valence electrons. The number of halogens is 1. The Morgan fingerprint density at radius 3 is 2.81 bits per heavy atom. The molecule has 0 unspecified atom stereocenters. The van der Waals surface area contributed by atoms with E-state index in [1.807, 2.05) is 32.9 Å². The highest BCUT2D eigenvalue weighted by molar-refractivity contribution is 7.99. The van der Waals surface area contributed by atoms with Gasteiger partial charge in [-0.05, 0) is 24.6 Å². The van der Waals surface area contributed by atoms with E-state index in [0.717, 1.165) is 5.56 Å². The van der Waals surface area contributed by atoms with Crippen molar-refractivity contribution in [3.8, 4) is 0 Å². The number of carbonyl (C=O) groups excluding carboxylic acids is 1. The molecule has 0 aliphatic heterocycles. The molecule has 1 aromatic carbocycles. The monoisotopic (exact) mass is 325 g/mol. The third-order valence-electron chi connectivity index (χ3n) is 2.70. The minimum absolute atomic E-state index is 0.149. The first-order valence-corrected chi connectivity index (χ1v) is 7.84. The maximum Gasteiger partial charge on any atom is 0.277 e. The summed E-state index contributed by atoms with van der Waals surface area (Å²) in [5, 5.41) is 11.6. The van der Waals surface area contributed by atoms with Gasteiger partial charge in [-0.15, -0.1) is 10.2 Å². The van der Waals surface area contributed by atoms with E-state index >= 15 is 0 Å². The van der Waals surface area contributed by atoms with Crippen LogP contribution in [-0.2, 0) is 4.79 Å². The zero-order valence-corrected chi connectivity index (χ0v) is 13.6. The molecule has 1 aromatic heterocycles. The van der Waals surface area contributed by atoms with Gasteiger partial charge in [-0.25, -0.2) is 0 Å². The third kappa shape index (κ3) is 4.47. The number of anilines is 1. The second kappa shape index (κ2) is 6.95. The Morgan fingerprint density at radius 1 is 1.43 bits per heavy atom. The van der Waals surface area contributed by atoms with Crippen molar-refractivity contribution < 1.29 is 9.21 Å². The van der Waals surface area contributed by atoms with E-state index in [-0.39, 0.29) is 17.6 Å². The second-order valence-corrected chi connectivity index (χ2v) is 6.20. The van der Waals surface area contributed by atoms with E-state index in [1.54, 1.807) is 6.07 Å². The molecular formula is C14H16ClN3O2S. The number of carbonyl (C=O) groups is 1. The number of amides is 1. The number of nitrogens with one attached hydrogen (secondary N) is 1. The summed E-state index contributed by atoms with van der Waals surface area (Å²) in [6, 6.07) is 5.40. The summed E-state index contributed by atoms with van der Waals surface area (Å²) in [5.74, 6) is 0.799. The number of thioether (sulfide) groups is 1. The van der Waals surface area contributed by atoms with Crippen molar-refractivity contribution >= 4 is 35.0 Å². The zero-order valence-electron chi connectivity index (χ0n) is 12.0. The molecule has 0 bridgehead atoms. The lowest BCUT2D eigenvalue weighted by molar-refractivity contribution is -0.113. The van der Waals surface area contributed by atoms with Crippen molar-refractivity contribution in [2.45, 2.75) is 31.9 Å². The summed E-state index contributed by atoms with van der Waals surface area (Å²) in [6.45, 7) is 5.84. The molecule has 1 N–H and O–H groups in total. The van der Waals surface area contributed by atoms with Gasteiger partial charge in [0.2, 0.25) is 11.8 Å². The van der Waals surface area contributed by atoms with Gasteiger partial charge in [0.25, 0.3) is 5.22 Å². The van der Waals surface area contributed by atoms with Gasteiger partial charge in [0, 0.05) is 16.6 Å². The number of hydrogen-bond acceptors (Lipinski definition) is 5. The molecule has 1 heterocycles. The first-order chi connectivity index (χ1) is 9.95. The van der Waals surface area contributed by atoms with Crippen molar-refractivity contribution in [2.75, 3.05) is 11.1 Å². The first kappa shape index (κ1) is 15.9. The highest BCUT2D eigenvalue weighted by Crippen LogP contribution is 2.22. The Bertz CT molecular complexity index is 643. The van der Waals surface area contributed by atoms with Crippen LogP contribution in [0.1, 0.15) is 31.2 Å². The molecule has 21 heavy (non-hydrogen) atoms. The van der Waals surface area contributed by atoms with E-state index in [4.69, 9.17) is 16.0 Å². The molecule has 0 aliphatic carbocycles. The maximum atomic E-state index is 11.9. The first-order valence-electron chi connectivity index (χ1n) is 6.48. The molecule has 2 aromatic rings. The van der Waals surface area contributed by atoms with Crippen molar-refractivity contribution in [2.24, 2.45) is 0 Å². The topological polar surface area (TPSA) is 68.0 Å². The van der Waals surface area contributed by atoms with E-state index in [1.165, 1.54) is 11.8 Å². The van der Waals surface area contributed by atoms with Gasteiger partial charge in [0.15, 0.2) is 0 Å². The minimum Gasteiger partial charge on any atom is -0.416 e. The number of aromatic nitrogens is 2. The van der Waals surface area contributed by atoms with Crippen molar-refractivity contribution in [1.29, 1.82) is 0 Å². The highest BCUT2D eigenvalue weighted by atomic mass is 35.5. The molecule has 0 radical (unpaired) electrons. The molecule has 0 saturated carbocycles. The smallest absolute Gasteiger partial charge is 0.277 e. The molecule has 1 amide bonds. The fourth-order valence-corrected chi connectivity index (χ4v) is 2.26. The van der Waals surface area contributed by atoms with Crippen LogP contribution < -0.4 is 5.32 Å².